The van der Waals surface area contributed by atoms with Crippen LogP contribution in [0.4, 0.5) is 24.8 Å². The van der Waals surface area contributed by atoms with Gasteiger partial charge in [-0.05, 0) is 36.4 Å². The minimum atomic E-state index is -4.42. The predicted molar refractivity (Wildman–Crippen MR) is 101 cm³/mol. The molecule has 0 aliphatic rings. The fourth-order valence-electron chi connectivity index (χ4n) is 3.04. The number of aromatic nitrogens is 6. The third kappa shape index (κ3) is 3.14. The highest BCUT2D eigenvalue weighted by Gasteiger charge is 2.30. The molecule has 5 aromatic rings. The lowest BCUT2D eigenvalue weighted by Crippen LogP contribution is -2.06. The fraction of sp³-hybridized carbons (Fsp3) is 0.0526. The maximum absolute atomic E-state index is 12.9. The van der Waals surface area contributed by atoms with Gasteiger partial charge < -0.3 is 5.32 Å². The van der Waals surface area contributed by atoms with Crippen molar-refractivity contribution in [1.82, 2.24) is 29.7 Å². The number of nitrogens with zero attached hydrogens (tertiary/aromatic N) is 5. The Balaban J connectivity index is 1.53. The number of H-pyrrole nitrogens is 1. The van der Waals surface area contributed by atoms with E-state index < -0.39 is 11.7 Å². The highest BCUT2D eigenvalue weighted by molar-refractivity contribution is 5.81. The van der Waals surface area contributed by atoms with Gasteiger partial charge in [0.1, 0.15) is 11.8 Å². The van der Waals surface area contributed by atoms with Crippen LogP contribution < -0.4 is 5.32 Å². The molecule has 0 aliphatic carbocycles. The van der Waals surface area contributed by atoms with Crippen LogP contribution in [0.3, 0.4) is 0 Å². The van der Waals surface area contributed by atoms with Gasteiger partial charge in [0.05, 0.1) is 29.2 Å². The molecule has 0 aliphatic heterocycles. The Labute approximate surface area is 161 Å². The number of halogens is 3. The predicted octanol–water partition coefficient (Wildman–Crippen LogP) is 4.45. The van der Waals surface area contributed by atoms with Crippen LogP contribution in [0.5, 0.6) is 0 Å². The van der Waals surface area contributed by atoms with E-state index in [4.69, 9.17) is 0 Å². The first-order valence-corrected chi connectivity index (χ1v) is 8.55. The number of aromatic amines is 1. The summed E-state index contributed by atoms with van der Waals surface area (Å²) < 4.78 is 40.5. The Bertz CT molecular complexity index is 1340. The molecule has 0 unspecified atom stereocenters. The first-order chi connectivity index (χ1) is 14.0. The molecular weight excluding hydrogens is 383 g/mol. The van der Waals surface area contributed by atoms with Crippen molar-refractivity contribution in [1.29, 1.82) is 0 Å². The summed E-state index contributed by atoms with van der Waals surface area (Å²) in [5.74, 6) is 0.168. The molecule has 3 heterocycles. The monoisotopic (exact) mass is 395 g/mol. The van der Waals surface area contributed by atoms with Crippen molar-refractivity contribution in [3.05, 3.63) is 66.7 Å². The third-order valence-corrected chi connectivity index (χ3v) is 4.44. The zero-order valence-corrected chi connectivity index (χ0v) is 14.6. The van der Waals surface area contributed by atoms with Gasteiger partial charge in [-0.25, -0.2) is 9.97 Å². The van der Waals surface area contributed by atoms with Gasteiger partial charge in [0, 0.05) is 11.1 Å². The molecule has 0 radical (unpaired) electrons. The summed E-state index contributed by atoms with van der Waals surface area (Å²) >= 11 is 0. The molecule has 2 N–H and O–H groups in total. The second-order valence-electron chi connectivity index (χ2n) is 6.36. The van der Waals surface area contributed by atoms with Gasteiger partial charge in [-0.15, -0.1) is 0 Å². The number of hydrogen-bond donors (Lipinski definition) is 2. The van der Waals surface area contributed by atoms with Gasteiger partial charge in [0.15, 0.2) is 5.65 Å². The molecule has 0 amide bonds. The summed E-state index contributed by atoms with van der Waals surface area (Å²) in [4.78, 5) is 12.9. The minimum absolute atomic E-state index is 0.168. The smallest absolute Gasteiger partial charge is 0.324 e. The molecule has 10 heteroatoms. The molecule has 2 aromatic carbocycles. The first kappa shape index (κ1) is 17.2. The standard InChI is InChI=1S/C19H12F3N7/c20-19(21,22)12-2-1-3-13(6-12)26-18-23-9-16-17(27-18)29(10-24-16)14-5-4-11-8-25-28-15(11)7-14/h1-10H,(H,25,28)(H,23,26,27). The van der Waals surface area contributed by atoms with Gasteiger partial charge in [0.25, 0.3) is 0 Å². The van der Waals surface area contributed by atoms with Gasteiger partial charge in [-0.2, -0.15) is 23.3 Å². The highest BCUT2D eigenvalue weighted by Crippen LogP contribution is 2.31. The number of hydrogen-bond acceptors (Lipinski definition) is 5. The van der Waals surface area contributed by atoms with Crippen molar-refractivity contribution in [3.8, 4) is 5.69 Å². The molecular formula is C19H12F3N7. The van der Waals surface area contributed by atoms with E-state index in [1.807, 2.05) is 18.2 Å². The van der Waals surface area contributed by atoms with Crippen LogP contribution in [0.2, 0.25) is 0 Å². The van der Waals surface area contributed by atoms with Crippen molar-refractivity contribution >= 4 is 33.7 Å². The molecule has 0 saturated carbocycles. The van der Waals surface area contributed by atoms with E-state index in [-0.39, 0.29) is 11.6 Å². The highest BCUT2D eigenvalue weighted by atomic mass is 19.4. The molecule has 29 heavy (non-hydrogen) atoms. The van der Waals surface area contributed by atoms with Crippen LogP contribution in [0, 0.1) is 0 Å². The molecule has 0 bridgehead atoms. The minimum Gasteiger partial charge on any atom is -0.324 e. The second-order valence-corrected chi connectivity index (χ2v) is 6.36. The molecule has 0 fully saturated rings. The fourth-order valence-corrected chi connectivity index (χ4v) is 3.04. The number of fused-ring (bicyclic) bond motifs is 2. The van der Waals surface area contributed by atoms with Crippen LogP contribution in [0.25, 0.3) is 27.8 Å². The van der Waals surface area contributed by atoms with E-state index in [9.17, 15) is 13.2 Å². The lowest BCUT2D eigenvalue weighted by atomic mass is 10.2. The average molecular weight is 395 g/mol. The van der Waals surface area contributed by atoms with Crippen molar-refractivity contribution in [3.63, 3.8) is 0 Å². The molecule has 0 spiro atoms. The number of imidazole rings is 1. The number of alkyl halides is 3. The van der Waals surface area contributed by atoms with Gasteiger partial charge in [-0.1, -0.05) is 6.07 Å². The van der Waals surface area contributed by atoms with E-state index in [2.05, 4.69) is 30.5 Å². The second kappa shape index (κ2) is 6.30. The van der Waals surface area contributed by atoms with E-state index in [1.165, 1.54) is 18.3 Å². The summed E-state index contributed by atoms with van der Waals surface area (Å²) in [6.45, 7) is 0. The maximum atomic E-state index is 12.9. The van der Waals surface area contributed by atoms with E-state index >= 15 is 0 Å². The van der Waals surface area contributed by atoms with Crippen molar-refractivity contribution in [2.45, 2.75) is 6.18 Å². The zero-order valence-electron chi connectivity index (χ0n) is 14.6. The van der Waals surface area contributed by atoms with Crippen LogP contribution in [0.15, 0.2) is 61.2 Å². The third-order valence-electron chi connectivity index (χ3n) is 4.44. The molecule has 0 atom stereocenters. The largest absolute Gasteiger partial charge is 0.416 e. The lowest BCUT2D eigenvalue weighted by Gasteiger charge is -2.10. The summed E-state index contributed by atoms with van der Waals surface area (Å²) in [5, 5.41) is 10.7. The molecule has 144 valence electrons. The lowest BCUT2D eigenvalue weighted by molar-refractivity contribution is -0.137. The number of anilines is 2. The number of nitrogens with one attached hydrogen (secondary N) is 2. The number of rotatable bonds is 3. The molecule has 7 nitrogen and oxygen atoms in total. The molecule has 3 aromatic heterocycles. The zero-order chi connectivity index (χ0) is 20.0. The summed E-state index contributed by atoms with van der Waals surface area (Å²) in [6.07, 6.45) is 0.436. The summed E-state index contributed by atoms with van der Waals surface area (Å²) in [6, 6.07) is 10.6. The Morgan fingerprint density at radius 1 is 1.00 bits per heavy atom. The van der Waals surface area contributed by atoms with Crippen LogP contribution in [0.1, 0.15) is 5.56 Å². The number of benzene rings is 2. The quantitative estimate of drug-likeness (QED) is 0.471. The van der Waals surface area contributed by atoms with E-state index in [1.54, 1.807) is 17.1 Å². The van der Waals surface area contributed by atoms with E-state index in [0.717, 1.165) is 28.7 Å². The summed E-state index contributed by atoms with van der Waals surface area (Å²) in [7, 11) is 0. The van der Waals surface area contributed by atoms with Gasteiger partial charge in [0.2, 0.25) is 5.95 Å². The Kier molecular flexibility index (Phi) is 3.73. The Morgan fingerprint density at radius 3 is 2.76 bits per heavy atom. The normalized spacial score (nSPS) is 12.0. The molecule has 0 saturated heterocycles. The van der Waals surface area contributed by atoms with Crippen LogP contribution >= 0.6 is 0 Å². The van der Waals surface area contributed by atoms with E-state index in [0.29, 0.717) is 11.2 Å². The van der Waals surface area contributed by atoms with Crippen molar-refractivity contribution < 1.29 is 13.2 Å². The molecule has 5 rings (SSSR count). The average Bonchev–Trinajstić information content (AvgIpc) is 3.33. The Hall–Kier alpha value is -3.95. The Morgan fingerprint density at radius 2 is 1.90 bits per heavy atom. The van der Waals surface area contributed by atoms with Gasteiger partial charge >= 0.3 is 6.18 Å². The van der Waals surface area contributed by atoms with Crippen molar-refractivity contribution in [2.24, 2.45) is 0 Å². The van der Waals surface area contributed by atoms with Crippen molar-refractivity contribution in [2.75, 3.05) is 5.32 Å². The topological polar surface area (TPSA) is 84.3 Å². The van der Waals surface area contributed by atoms with Crippen LogP contribution in [-0.2, 0) is 6.18 Å². The van der Waals surface area contributed by atoms with Crippen LogP contribution in [-0.4, -0.2) is 29.7 Å². The maximum Gasteiger partial charge on any atom is 0.416 e. The first-order valence-electron chi connectivity index (χ1n) is 8.55. The summed E-state index contributed by atoms with van der Waals surface area (Å²) in [5.41, 5.74) is 2.25. The van der Waals surface area contributed by atoms with Gasteiger partial charge in [-0.3, -0.25) is 9.67 Å². The SMILES string of the molecule is FC(F)(F)c1cccc(Nc2ncc3ncn(-c4ccc5cn[nH]c5c4)c3n2)c1.